The third-order valence-electron chi connectivity index (χ3n) is 3.72. The van der Waals surface area contributed by atoms with Gasteiger partial charge in [0, 0.05) is 5.39 Å². The van der Waals surface area contributed by atoms with Crippen LogP contribution in [0.25, 0.3) is 10.9 Å². The average Bonchev–Trinajstić information content (AvgIpc) is 2.84. The van der Waals surface area contributed by atoms with Gasteiger partial charge in [0.05, 0.1) is 18.3 Å². The van der Waals surface area contributed by atoms with Crippen LogP contribution >= 0.6 is 0 Å². The minimum Gasteiger partial charge on any atom is -0.506 e. The molecule has 8 heteroatoms. The van der Waals surface area contributed by atoms with Crippen LogP contribution in [0.5, 0.6) is 5.75 Å². The molecule has 1 aliphatic rings. The number of aliphatic hydroxyl groups excluding tert-OH is 4. The molecule has 2 aromatic rings. The third kappa shape index (κ3) is 2.40. The summed E-state index contributed by atoms with van der Waals surface area (Å²) in [4.78, 5) is 5.45. The van der Waals surface area contributed by atoms with Gasteiger partial charge in [0.2, 0.25) is 0 Å². The summed E-state index contributed by atoms with van der Waals surface area (Å²) in [7, 11) is 0. The van der Waals surface area contributed by atoms with E-state index in [4.69, 9.17) is 14.7 Å². The van der Waals surface area contributed by atoms with Gasteiger partial charge < -0.3 is 35.1 Å². The summed E-state index contributed by atoms with van der Waals surface area (Å²) >= 11 is 0. The first-order chi connectivity index (χ1) is 10.5. The van der Waals surface area contributed by atoms with Crippen LogP contribution in [-0.4, -0.2) is 67.6 Å². The number of rotatable bonds is 3. The molecule has 0 amide bonds. The maximum atomic E-state index is 9.94. The van der Waals surface area contributed by atoms with Crippen molar-refractivity contribution in [1.82, 2.24) is 4.73 Å². The second-order valence-corrected chi connectivity index (χ2v) is 5.16. The number of hydrogen-bond donors (Lipinski definition) is 5. The van der Waals surface area contributed by atoms with E-state index < -0.39 is 37.3 Å². The van der Waals surface area contributed by atoms with Crippen molar-refractivity contribution in [2.45, 2.75) is 30.7 Å². The molecule has 0 unspecified atom stereocenters. The number of ether oxygens (including phenoxy) is 1. The Labute approximate surface area is 125 Å². The van der Waals surface area contributed by atoms with Crippen LogP contribution in [0.1, 0.15) is 0 Å². The normalized spacial score (nSPS) is 32.3. The molecular weight excluding hydrogens is 294 g/mol. The lowest BCUT2D eigenvalue weighted by Crippen LogP contribution is -2.61. The molecule has 8 nitrogen and oxygen atoms in total. The van der Waals surface area contributed by atoms with Crippen LogP contribution in [0.3, 0.4) is 0 Å². The lowest BCUT2D eigenvalue weighted by Gasteiger charge is -2.39. The molecule has 120 valence electrons. The number of aromatic nitrogens is 1. The summed E-state index contributed by atoms with van der Waals surface area (Å²) in [6.07, 6.45) is -5.56. The predicted molar refractivity (Wildman–Crippen MR) is 74.0 cm³/mol. The number of para-hydroxylation sites is 1. The summed E-state index contributed by atoms with van der Waals surface area (Å²) in [6, 6.07) is 6.88. The van der Waals surface area contributed by atoms with Crippen LogP contribution < -0.4 is 4.84 Å². The second kappa shape index (κ2) is 5.75. The van der Waals surface area contributed by atoms with Gasteiger partial charge in [-0.15, -0.1) is 0 Å². The molecule has 1 aromatic heterocycles. The maximum Gasteiger partial charge on any atom is 0.254 e. The molecule has 1 aliphatic heterocycles. The highest BCUT2D eigenvalue weighted by Gasteiger charge is 2.45. The molecule has 0 radical (unpaired) electrons. The standard InChI is InChI=1S/C14H17NO7/c16-6-10-11(18)12(19)13(20)14(21-10)22-15-5-9(17)7-3-1-2-4-8(7)15/h1-5,10-14,16-20H,6H2/t10-,11-,12+,13-,14-/m1/s1. The van der Waals surface area contributed by atoms with Gasteiger partial charge in [-0.25, -0.2) is 0 Å². The zero-order valence-corrected chi connectivity index (χ0v) is 11.5. The van der Waals surface area contributed by atoms with Gasteiger partial charge >= 0.3 is 0 Å². The summed E-state index contributed by atoms with van der Waals surface area (Å²) < 4.78 is 6.46. The largest absolute Gasteiger partial charge is 0.506 e. The van der Waals surface area contributed by atoms with E-state index >= 15 is 0 Å². The van der Waals surface area contributed by atoms with E-state index in [1.807, 2.05) is 0 Å². The molecular formula is C14H17NO7. The Morgan fingerprint density at radius 2 is 1.82 bits per heavy atom. The van der Waals surface area contributed by atoms with Gasteiger partial charge in [0.1, 0.15) is 30.2 Å². The minimum absolute atomic E-state index is 0.0137. The van der Waals surface area contributed by atoms with Crippen molar-refractivity contribution >= 4 is 10.9 Å². The van der Waals surface area contributed by atoms with E-state index in [0.717, 1.165) is 0 Å². The zero-order valence-electron chi connectivity index (χ0n) is 11.5. The smallest absolute Gasteiger partial charge is 0.254 e. The van der Waals surface area contributed by atoms with Crippen LogP contribution in [0.2, 0.25) is 0 Å². The lowest BCUT2D eigenvalue weighted by molar-refractivity contribution is -0.299. The summed E-state index contributed by atoms with van der Waals surface area (Å²) in [5, 5.41) is 48.9. The molecule has 1 aromatic carbocycles. The Bertz CT molecular complexity index is 656. The summed E-state index contributed by atoms with van der Waals surface area (Å²) in [5.74, 6) is -0.0137. The van der Waals surface area contributed by atoms with Crippen molar-refractivity contribution in [2.24, 2.45) is 0 Å². The Balaban J connectivity index is 1.87. The number of benzene rings is 1. The number of fused-ring (bicyclic) bond motifs is 1. The fraction of sp³-hybridized carbons (Fsp3) is 0.429. The van der Waals surface area contributed by atoms with Crippen molar-refractivity contribution < 1.29 is 35.1 Å². The highest BCUT2D eigenvalue weighted by Crippen LogP contribution is 2.27. The predicted octanol–water partition coefficient (Wildman–Crippen LogP) is -1.42. The van der Waals surface area contributed by atoms with E-state index in [1.54, 1.807) is 24.3 Å². The van der Waals surface area contributed by atoms with Crippen LogP contribution in [-0.2, 0) is 4.74 Å². The molecule has 1 fully saturated rings. The van der Waals surface area contributed by atoms with Crippen molar-refractivity contribution in [3.05, 3.63) is 30.5 Å². The van der Waals surface area contributed by atoms with Crippen molar-refractivity contribution in [2.75, 3.05) is 6.61 Å². The van der Waals surface area contributed by atoms with Gasteiger partial charge in [-0.05, 0) is 12.1 Å². The second-order valence-electron chi connectivity index (χ2n) is 5.16. The number of aliphatic hydroxyl groups is 4. The van der Waals surface area contributed by atoms with Gasteiger partial charge in [0.25, 0.3) is 6.29 Å². The molecule has 0 spiro atoms. The van der Waals surface area contributed by atoms with Gasteiger partial charge in [0.15, 0.2) is 0 Å². The molecule has 0 bridgehead atoms. The van der Waals surface area contributed by atoms with Crippen molar-refractivity contribution in [3.8, 4) is 5.75 Å². The summed E-state index contributed by atoms with van der Waals surface area (Å²) in [5.41, 5.74) is 0.539. The first-order valence-electron chi connectivity index (χ1n) is 6.79. The molecule has 5 N–H and O–H groups in total. The van der Waals surface area contributed by atoms with Gasteiger partial charge in [-0.2, -0.15) is 4.73 Å². The molecule has 5 atom stereocenters. The van der Waals surface area contributed by atoms with E-state index in [1.165, 1.54) is 10.9 Å². The quantitative estimate of drug-likeness (QED) is 0.471. The molecule has 2 heterocycles. The van der Waals surface area contributed by atoms with E-state index in [2.05, 4.69) is 0 Å². The van der Waals surface area contributed by atoms with Gasteiger partial charge in [-0.3, -0.25) is 0 Å². The van der Waals surface area contributed by atoms with E-state index in [-0.39, 0.29) is 5.75 Å². The average molecular weight is 311 g/mol. The minimum atomic E-state index is -1.52. The first-order valence-corrected chi connectivity index (χ1v) is 6.79. The fourth-order valence-electron chi connectivity index (χ4n) is 2.49. The highest BCUT2D eigenvalue weighted by atomic mass is 16.8. The SMILES string of the molecule is OC[C@H]1O[C@H](On2cc(O)c3ccccc32)[C@H](O)[C@@H](O)[C@@H]1O. The maximum absolute atomic E-state index is 9.94. The Morgan fingerprint density at radius 3 is 2.55 bits per heavy atom. The van der Waals surface area contributed by atoms with Crippen LogP contribution in [0.15, 0.2) is 30.5 Å². The number of nitrogens with zero attached hydrogens (tertiary/aromatic N) is 1. The van der Waals surface area contributed by atoms with Crippen LogP contribution in [0.4, 0.5) is 0 Å². The Morgan fingerprint density at radius 1 is 1.09 bits per heavy atom. The molecule has 0 saturated carbocycles. The fourth-order valence-corrected chi connectivity index (χ4v) is 2.49. The lowest BCUT2D eigenvalue weighted by atomic mass is 9.99. The molecule has 0 aliphatic carbocycles. The molecule has 3 rings (SSSR count). The van der Waals surface area contributed by atoms with Gasteiger partial charge in [-0.1, -0.05) is 12.1 Å². The zero-order chi connectivity index (χ0) is 15.9. The van der Waals surface area contributed by atoms with Crippen molar-refractivity contribution in [3.63, 3.8) is 0 Å². The molecule has 1 saturated heterocycles. The monoisotopic (exact) mass is 311 g/mol. The number of aromatic hydroxyl groups is 1. The third-order valence-corrected chi connectivity index (χ3v) is 3.72. The van der Waals surface area contributed by atoms with E-state index in [0.29, 0.717) is 10.9 Å². The molecule has 22 heavy (non-hydrogen) atoms. The first kappa shape index (κ1) is 15.1. The van der Waals surface area contributed by atoms with E-state index in [9.17, 15) is 20.4 Å². The Hall–Kier alpha value is -1.84. The highest BCUT2D eigenvalue weighted by molar-refractivity contribution is 5.86. The topological polar surface area (TPSA) is 125 Å². The number of hydrogen-bond acceptors (Lipinski definition) is 7. The Kier molecular flexibility index (Phi) is 3.94. The van der Waals surface area contributed by atoms with Crippen LogP contribution in [0, 0.1) is 0 Å². The summed E-state index contributed by atoms with van der Waals surface area (Å²) in [6.45, 7) is -0.539. The van der Waals surface area contributed by atoms with Crippen molar-refractivity contribution in [1.29, 1.82) is 0 Å².